The Balaban J connectivity index is 3.02. The fourth-order valence-corrected chi connectivity index (χ4v) is 2.12. The van der Waals surface area contributed by atoms with Crippen LogP contribution in [0, 0.1) is 5.41 Å². The van der Waals surface area contributed by atoms with E-state index in [1.165, 1.54) is 0 Å². The van der Waals surface area contributed by atoms with Crippen LogP contribution >= 0.6 is 0 Å². The van der Waals surface area contributed by atoms with Crippen molar-refractivity contribution in [2.24, 2.45) is 5.41 Å². The number of para-hydroxylation sites is 1. The second-order valence-electron chi connectivity index (χ2n) is 8.58. The van der Waals surface area contributed by atoms with Gasteiger partial charge in [-0.05, 0) is 51.7 Å². The molecule has 0 atom stereocenters. The Morgan fingerprint density at radius 3 is 1.83 bits per heavy atom. The maximum atomic E-state index is 12.7. The summed E-state index contributed by atoms with van der Waals surface area (Å²) in [5.74, 6) is -0.591. The summed E-state index contributed by atoms with van der Waals surface area (Å²) in [5, 5.41) is 5.80. The molecule has 0 unspecified atom stereocenters. The van der Waals surface area contributed by atoms with E-state index in [0.717, 1.165) is 11.3 Å². The molecule has 0 aliphatic carbocycles. The molecule has 0 bridgehead atoms. The quantitative estimate of drug-likeness (QED) is 0.831. The Morgan fingerprint density at radius 2 is 1.35 bits per heavy atom. The molecule has 4 heteroatoms. The molecular weight excluding hydrogens is 288 g/mol. The first kappa shape index (κ1) is 19.2. The molecule has 0 aliphatic heterocycles. The van der Waals surface area contributed by atoms with Gasteiger partial charge in [0.15, 0.2) is 0 Å². The zero-order valence-electron chi connectivity index (χ0n) is 15.6. The van der Waals surface area contributed by atoms with Crippen molar-refractivity contribution in [1.82, 2.24) is 5.32 Å². The fourth-order valence-electron chi connectivity index (χ4n) is 2.12. The number of hydrogen-bond donors (Lipinski definition) is 2. The minimum Gasteiger partial charge on any atom is -0.351 e. The average molecular weight is 318 g/mol. The first-order chi connectivity index (χ1) is 10.2. The van der Waals surface area contributed by atoms with Crippen LogP contribution in [0.25, 0.3) is 0 Å². The highest BCUT2D eigenvalue weighted by Crippen LogP contribution is 2.30. The molecule has 23 heavy (non-hydrogen) atoms. The summed E-state index contributed by atoms with van der Waals surface area (Å²) >= 11 is 0. The van der Waals surface area contributed by atoms with E-state index in [1.807, 2.05) is 45.0 Å². The van der Waals surface area contributed by atoms with Crippen molar-refractivity contribution < 1.29 is 9.59 Å². The van der Waals surface area contributed by atoms with Gasteiger partial charge in [-0.15, -0.1) is 0 Å². The third kappa shape index (κ3) is 5.08. The first-order valence-electron chi connectivity index (χ1n) is 7.99. The van der Waals surface area contributed by atoms with Crippen LogP contribution in [0.4, 0.5) is 5.69 Å². The van der Waals surface area contributed by atoms with Crippen LogP contribution in [0.1, 0.15) is 61.0 Å². The Kier molecular flexibility index (Phi) is 5.30. The average Bonchev–Trinajstić information content (AvgIpc) is 2.35. The van der Waals surface area contributed by atoms with Crippen molar-refractivity contribution in [3.63, 3.8) is 0 Å². The first-order valence-corrected chi connectivity index (χ1v) is 7.99. The van der Waals surface area contributed by atoms with E-state index in [9.17, 15) is 9.59 Å². The Labute approximate surface area is 140 Å². The zero-order valence-corrected chi connectivity index (χ0v) is 15.6. The van der Waals surface area contributed by atoms with Crippen LogP contribution in [0.3, 0.4) is 0 Å². The van der Waals surface area contributed by atoms with Crippen LogP contribution in [0.5, 0.6) is 0 Å². The van der Waals surface area contributed by atoms with Gasteiger partial charge < -0.3 is 10.6 Å². The van der Waals surface area contributed by atoms with Gasteiger partial charge in [-0.25, -0.2) is 0 Å². The fraction of sp³-hybridized carbons (Fsp3) is 0.579. The molecule has 0 aromatic heterocycles. The lowest BCUT2D eigenvalue weighted by molar-refractivity contribution is -0.139. The molecular formula is C19H30N2O2. The van der Waals surface area contributed by atoms with Crippen LogP contribution in [0.15, 0.2) is 24.3 Å². The highest BCUT2D eigenvalue weighted by Gasteiger charge is 2.38. The van der Waals surface area contributed by atoms with Gasteiger partial charge in [0.2, 0.25) is 11.8 Å². The molecule has 4 nitrogen and oxygen atoms in total. The molecule has 0 aliphatic rings. The molecule has 0 saturated carbocycles. The topological polar surface area (TPSA) is 58.2 Å². The van der Waals surface area contributed by atoms with E-state index in [2.05, 4.69) is 31.4 Å². The lowest BCUT2D eigenvalue weighted by atomic mass is 9.85. The van der Waals surface area contributed by atoms with Crippen molar-refractivity contribution in [3.05, 3.63) is 29.8 Å². The van der Waals surface area contributed by atoms with Crippen molar-refractivity contribution in [2.75, 3.05) is 5.32 Å². The molecule has 2 amide bonds. The molecule has 2 N–H and O–H groups in total. The monoisotopic (exact) mass is 318 g/mol. The molecule has 1 aromatic carbocycles. The largest absolute Gasteiger partial charge is 0.351 e. The third-order valence-corrected chi connectivity index (χ3v) is 3.61. The maximum absolute atomic E-state index is 12.7. The molecule has 0 saturated heterocycles. The standard InChI is InChI=1S/C19H30N2O2/c1-17(2,3)13-11-9-10-12-14(13)20-15(22)19(7,8)16(23)21-18(4,5)6/h9-12H,1-8H3,(H,20,22)(H,21,23). The number of benzene rings is 1. The number of nitrogens with one attached hydrogen (secondary N) is 2. The van der Waals surface area contributed by atoms with Gasteiger partial charge >= 0.3 is 0 Å². The lowest BCUT2D eigenvalue weighted by Crippen LogP contribution is -2.51. The highest BCUT2D eigenvalue weighted by atomic mass is 16.2. The molecule has 128 valence electrons. The normalized spacial score (nSPS) is 12.7. The lowest BCUT2D eigenvalue weighted by Gasteiger charge is -2.30. The predicted molar refractivity (Wildman–Crippen MR) is 95.4 cm³/mol. The summed E-state index contributed by atoms with van der Waals surface area (Å²) in [6.45, 7) is 15.3. The van der Waals surface area contributed by atoms with E-state index >= 15 is 0 Å². The van der Waals surface area contributed by atoms with Crippen molar-refractivity contribution in [3.8, 4) is 0 Å². The SMILES string of the molecule is CC(C)(C)NC(=O)C(C)(C)C(=O)Nc1ccccc1C(C)(C)C. The van der Waals surface area contributed by atoms with Gasteiger partial charge in [0.05, 0.1) is 0 Å². The molecule has 0 radical (unpaired) electrons. The summed E-state index contributed by atoms with van der Waals surface area (Å²) < 4.78 is 0. The number of carbonyl (C=O) groups is 2. The van der Waals surface area contributed by atoms with Gasteiger partial charge in [-0.3, -0.25) is 9.59 Å². The van der Waals surface area contributed by atoms with Crippen molar-refractivity contribution in [1.29, 1.82) is 0 Å². The Bertz CT molecular complexity index is 590. The Hall–Kier alpha value is -1.84. The Morgan fingerprint density at radius 1 is 0.826 bits per heavy atom. The second kappa shape index (κ2) is 6.34. The van der Waals surface area contributed by atoms with Gasteiger partial charge in [-0.2, -0.15) is 0 Å². The van der Waals surface area contributed by atoms with E-state index in [0.29, 0.717) is 0 Å². The zero-order chi connectivity index (χ0) is 18.1. The van der Waals surface area contributed by atoms with Gasteiger partial charge in [0.25, 0.3) is 0 Å². The van der Waals surface area contributed by atoms with Crippen molar-refractivity contribution in [2.45, 2.75) is 66.3 Å². The van der Waals surface area contributed by atoms with E-state index < -0.39 is 5.41 Å². The van der Waals surface area contributed by atoms with Crippen LogP contribution in [0.2, 0.25) is 0 Å². The maximum Gasteiger partial charge on any atom is 0.239 e. The smallest absolute Gasteiger partial charge is 0.239 e. The minimum atomic E-state index is -1.15. The highest BCUT2D eigenvalue weighted by molar-refractivity contribution is 6.10. The van der Waals surface area contributed by atoms with Gasteiger partial charge in [-0.1, -0.05) is 39.0 Å². The van der Waals surface area contributed by atoms with E-state index in [4.69, 9.17) is 0 Å². The summed E-state index contributed by atoms with van der Waals surface area (Å²) in [4.78, 5) is 25.1. The molecule has 1 rings (SSSR count). The summed E-state index contributed by atoms with van der Waals surface area (Å²) in [6.07, 6.45) is 0. The number of rotatable bonds is 3. The number of anilines is 1. The minimum absolute atomic E-state index is 0.0956. The molecule has 0 spiro atoms. The second-order valence-corrected chi connectivity index (χ2v) is 8.58. The van der Waals surface area contributed by atoms with Crippen molar-refractivity contribution >= 4 is 17.5 Å². The number of amides is 2. The summed E-state index contributed by atoms with van der Waals surface area (Å²) in [5.41, 5.74) is 0.166. The van der Waals surface area contributed by atoms with E-state index in [-0.39, 0.29) is 22.8 Å². The molecule has 0 heterocycles. The molecule has 0 fully saturated rings. The summed E-state index contributed by atoms with van der Waals surface area (Å²) in [7, 11) is 0. The number of hydrogen-bond acceptors (Lipinski definition) is 2. The van der Waals surface area contributed by atoms with Gasteiger partial charge in [0.1, 0.15) is 5.41 Å². The van der Waals surface area contributed by atoms with Crippen LogP contribution in [-0.2, 0) is 15.0 Å². The number of carbonyl (C=O) groups excluding carboxylic acids is 2. The third-order valence-electron chi connectivity index (χ3n) is 3.61. The summed E-state index contributed by atoms with van der Waals surface area (Å²) in [6, 6.07) is 7.70. The van der Waals surface area contributed by atoms with E-state index in [1.54, 1.807) is 13.8 Å². The van der Waals surface area contributed by atoms with Crippen LogP contribution in [-0.4, -0.2) is 17.4 Å². The predicted octanol–water partition coefficient (Wildman–Crippen LogP) is 3.86. The van der Waals surface area contributed by atoms with Gasteiger partial charge in [0, 0.05) is 11.2 Å². The molecule has 1 aromatic rings. The van der Waals surface area contributed by atoms with Crippen LogP contribution < -0.4 is 10.6 Å².